The molecule has 1 saturated carbocycles. The van der Waals surface area contributed by atoms with Gasteiger partial charge in [-0.25, -0.2) is 4.39 Å². The number of aryl methyl sites for hydroxylation is 1. The van der Waals surface area contributed by atoms with Crippen molar-refractivity contribution in [1.82, 2.24) is 0 Å². The molecule has 1 fully saturated rings. The van der Waals surface area contributed by atoms with Crippen molar-refractivity contribution in [3.8, 4) is 0 Å². The summed E-state index contributed by atoms with van der Waals surface area (Å²) in [6.07, 6.45) is 0.865. The molecule has 1 aromatic carbocycles. The Morgan fingerprint density at radius 1 is 1.60 bits per heavy atom. The maximum Gasteiger partial charge on any atom is 0.123 e. The first-order chi connectivity index (χ1) is 7.13. The average molecular weight is 209 g/mol. The second-order valence-corrected chi connectivity index (χ2v) is 4.48. The van der Waals surface area contributed by atoms with Gasteiger partial charge in [-0.1, -0.05) is 6.07 Å². The number of hydrogen-bond acceptors (Lipinski definition) is 2. The molecule has 1 aliphatic rings. The molecule has 0 radical (unpaired) electrons. The SMILES string of the molecule is Cc1ccc(F)cc1C1CC1(CN)CO. The summed E-state index contributed by atoms with van der Waals surface area (Å²) in [5, 5.41) is 9.27. The van der Waals surface area contributed by atoms with Gasteiger partial charge in [0.25, 0.3) is 0 Å². The molecule has 1 aromatic rings. The van der Waals surface area contributed by atoms with E-state index < -0.39 is 0 Å². The van der Waals surface area contributed by atoms with Crippen LogP contribution in [0.15, 0.2) is 18.2 Å². The van der Waals surface area contributed by atoms with Crippen molar-refractivity contribution in [2.75, 3.05) is 13.2 Å². The molecule has 0 aliphatic heterocycles. The molecule has 0 amide bonds. The standard InChI is InChI=1S/C12H16FNO/c1-8-2-3-9(13)4-10(8)11-5-12(11,6-14)7-15/h2-4,11,15H,5-7,14H2,1H3. The van der Waals surface area contributed by atoms with Crippen LogP contribution in [0.4, 0.5) is 4.39 Å². The van der Waals surface area contributed by atoms with Crippen LogP contribution in [-0.2, 0) is 0 Å². The molecule has 82 valence electrons. The minimum atomic E-state index is -0.216. The van der Waals surface area contributed by atoms with Crippen molar-refractivity contribution < 1.29 is 9.50 Å². The van der Waals surface area contributed by atoms with Crippen LogP contribution < -0.4 is 5.73 Å². The molecule has 3 heteroatoms. The van der Waals surface area contributed by atoms with Crippen LogP contribution in [0.25, 0.3) is 0 Å². The lowest BCUT2D eigenvalue weighted by Crippen LogP contribution is -2.21. The topological polar surface area (TPSA) is 46.2 Å². The summed E-state index contributed by atoms with van der Waals surface area (Å²) < 4.78 is 13.1. The molecule has 0 spiro atoms. The first kappa shape index (κ1) is 10.6. The Hall–Kier alpha value is -0.930. The lowest BCUT2D eigenvalue weighted by Gasteiger charge is -2.12. The summed E-state index contributed by atoms with van der Waals surface area (Å²) in [4.78, 5) is 0. The van der Waals surface area contributed by atoms with Gasteiger partial charge in [0.2, 0.25) is 0 Å². The third kappa shape index (κ3) is 1.66. The highest BCUT2D eigenvalue weighted by atomic mass is 19.1. The summed E-state index contributed by atoms with van der Waals surface area (Å²) >= 11 is 0. The monoisotopic (exact) mass is 209 g/mol. The van der Waals surface area contributed by atoms with Crippen molar-refractivity contribution >= 4 is 0 Å². The lowest BCUT2D eigenvalue weighted by atomic mass is 9.97. The molecule has 0 saturated heterocycles. The van der Waals surface area contributed by atoms with Crippen LogP contribution in [0.1, 0.15) is 23.5 Å². The zero-order valence-corrected chi connectivity index (χ0v) is 8.83. The average Bonchev–Trinajstić information content (AvgIpc) is 2.97. The van der Waals surface area contributed by atoms with Gasteiger partial charge in [-0.15, -0.1) is 0 Å². The van der Waals surface area contributed by atoms with Gasteiger partial charge >= 0.3 is 0 Å². The van der Waals surface area contributed by atoms with Crippen molar-refractivity contribution in [2.24, 2.45) is 11.1 Å². The number of aliphatic hydroxyl groups excluding tert-OH is 1. The fourth-order valence-electron chi connectivity index (χ4n) is 2.24. The van der Waals surface area contributed by atoms with Crippen LogP contribution in [0.2, 0.25) is 0 Å². The summed E-state index contributed by atoms with van der Waals surface area (Å²) in [7, 11) is 0. The maximum atomic E-state index is 13.1. The number of benzene rings is 1. The Morgan fingerprint density at radius 3 is 2.87 bits per heavy atom. The van der Waals surface area contributed by atoms with E-state index in [4.69, 9.17) is 5.73 Å². The predicted octanol–water partition coefficient (Wildman–Crippen LogP) is 1.56. The summed E-state index contributed by atoms with van der Waals surface area (Å²) in [5.74, 6) is 0.00885. The minimum absolute atomic E-state index is 0.0874. The molecule has 2 rings (SSSR count). The predicted molar refractivity (Wildman–Crippen MR) is 57.1 cm³/mol. The molecule has 1 aliphatic carbocycles. The number of halogens is 1. The largest absolute Gasteiger partial charge is 0.396 e. The van der Waals surface area contributed by atoms with E-state index in [1.165, 1.54) is 6.07 Å². The van der Waals surface area contributed by atoms with Gasteiger partial charge in [-0.2, -0.15) is 0 Å². The van der Waals surface area contributed by atoms with Gasteiger partial charge in [0.05, 0.1) is 6.61 Å². The van der Waals surface area contributed by atoms with Gasteiger partial charge in [0, 0.05) is 12.0 Å². The Bertz CT molecular complexity index is 374. The highest BCUT2D eigenvalue weighted by Crippen LogP contribution is 2.58. The van der Waals surface area contributed by atoms with E-state index in [0.717, 1.165) is 17.5 Å². The number of nitrogens with two attached hydrogens (primary N) is 1. The van der Waals surface area contributed by atoms with E-state index in [-0.39, 0.29) is 23.8 Å². The highest BCUT2D eigenvalue weighted by molar-refractivity contribution is 5.37. The fraction of sp³-hybridized carbons (Fsp3) is 0.500. The third-order valence-corrected chi connectivity index (χ3v) is 3.53. The van der Waals surface area contributed by atoms with E-state index in [9.17, 15) is 9.50 Å². The van der Waals surface area contributed by atoms with Gasteiger partial charge in [-0.05, 0) is 42.5 Å². The van der Waals surface area contributed by atoms with E-state index in [0.29, 0.717) is 6.54 Å². The van der Waals surface area contributed by atoms with E-state index in [1.54, 1.807) is 12.1 Å². The van der Waals surface area contributed by atoms with E-state index >= 15 is 0 Å². The first-order valence-electron chi connectivity index (χ1n) is 5.20. The summed E-state index contributed by atoms with van der Waals surface area (Å²) in [5.41, 5.74) is 7.51. The van der Waals surface area contributed by atoms with E-state index in [2.05, 4.69) is 0 Å². The fourth-order valence-corrected chi connectivity index (χ4v) is 2.24. The molecule has 2 atom stereocenters. The van der Waals surface area contributed by atoms with Gasteiger partial charge in [0.15, 0.2) is 0 Å². The molecular weight excluding hydrogens is 193 g/mol. The Labute approximate surface area is 88.9 Å². The quantitative estimate of drug-likeness (QED) is 0.793. The second-order valence-electron chi connectivity index (χ2n) is 4.48. The zero-order valence-electron chi connectivity index (χ0n) is 8.83. The van der Waals surface area contributed by atoms with Crippen LogP contribution in [0, 0.1) is 18.2 Å². The normalized spacial score (nSPS) is 29.2. The molecule has 0 heterocycles. The van der Waals surface area contributed by atoms with Crippen molar-refractivity contribution in [2.45, 2.75) is 19.3 Å². The van der Waals surface area contributed by atoms with Gasteiger partial charge in [0.1, 0.15) is 5.82 Å². The number of hydrogen-bond donors (Lipinski definition) is 2. The zero-order chi connectivity index (χ0) is 11.1. The molecule has 3 N–H and O–H groups in total. The second kappa shape index (κ2) is 3.58. The third-order valence-electron chi connectivity index (χ3n) is 3.53. The minimum Gasteiger partial charge on any atom is -0.396 e. The maximum absolute atomic E-state index is 13.1. The van der Waals surface area contributed by atoms with Crippen LogP contribution in [0.3, 0.4) is 0 Å². The molecular formula is C12H16FNO. The molecule has 0 aromatic heterocycles. The first-order valence-corrected chi connectivity index (χ1v) is 5.20. The lowest BCUT2D eigenvalue weighted by molar-refractivity contribution is 0.211. The van der Waals surface area contributed by atoms with Crippen molar-refractivity contribution in [3.05, 3.63) is 35.1 Å². The number of aliphatic hydroxyl groups is 1. The molecule has 15 heavy (non-hydrogen) atoms. The Balaban J connectivity index is 2.29. The Morgan fingerprint density at radius 2 is 2.33 bits per heavy atom. The summed E-state index contributed by atoms with van der Waals surface area (Å²) in [6, 6.07) is 4.80. The smallest absolute Gasteiger partial charge is 0.123 e. The van der Waals surface area contributed by atoms with Crippen LogP contribution in [-0.4, -0.2) is 18.3 Å². The van der Waals surface area contributed by atoms with Crippen LogP contribution >= 0.6 is 0 Å². The van der Waals surface area contributed by atoms with Crippen LogP contribution in [0.5, 0.6) is 0 Å². The molecule has 0 bridgehead atoms. The highest BCUT2D eigenvalue weighted by Gasteiger charge is 2.53. The molecule has 2 unspecified atom stereocenters. The van der Waals surface area contributed by atoms with Crippen molar-refractivity contribution in [3.63, 3.8) is 0 Å². The number of rotatable bonds is 3. The van der Waals surface area contributed by atoms with Gasteiger partial charge in [-0.3, -0.25) is 0 Å². The van der Waals surface area contributed by atoms with Crippen molar-refractivity contribution in [1.29, 1.82) is 0 Å². The molecule has 2 nitrogen and oxygen atoms in total. The van der Waals surface area contributed by atoms with E-state index in [1.807, 2.05) is 6.92 Å². The van der Waals surface area contributed by atoms with Gasteiger partial charge < -0.3 is 10.8 Å². The summed E-state index contributed by atoms with van der Waals surface area (Å²) in [6.45, 7) is 2.51. The Kier molecular flexibility index (Phi) is 2.52.